The number of nitrogens with zero attached hydrogens (tertiary/aromatic N) is 1. The maximum Gasteiger partial charge on any atom is 0.0547 e. The molecule has 46 heavy (non-hydrogen) atoms. The number of para-hydroxylation sites is 2. The Hall–Kier alpha value is -5.57. The van der Waals surface area contributed by atoms with E-state index < -0.39 is 0 Å². The number of hydrogen-bond acceptors (Lipinski definition) is 1. The van der Waals surface area contributed by atoms with Crippen LogP contribution < -0.4 is 0 Å². The summed E-state index contributed by atoms with van der Waals surface area (Å²) in [5.74, 6) is 0. The fourth-order valence-electron chi connectivity index (χ4n) is 7.43. The van der Waals surface area contributed by atoms with E-state index in [0.717, 1.165) is 0 Å². The average Bonchev–Trinajstić information content (AvgIpc) is 3.44. The van der Waals surface area contributed by atoms with Crippen molar-refractivity contribution in [2.24, 2.45) is 0 Å². The summed E-state index contributed by atoms with van der Waals surface area (Å²) in [7, 11) is 0. The molecule has 9 aromatic rings. The first-order valence-electron chi connectivity index (χ1n) is 15.8. The molecule has 0 unspecified atom stereocenters. The van der Waals surface area contributed by atoms with E-state index in [2.05, 4.69) is 168 Å². The van der Waals surface area contributed by atoms with Crippen LogP contribution in [0.25, 0.3) is 82.4 Å². The highest BCUT2D eigenvalue weighted by molar-refractivity contribution is 7.99. The molecule has 2 heterocycles. The zero-order valence-corrected chi connectivity index (χ0v) is 25.8. The summed E-state index contributed by atoms with van der Waals surface area (Å²) in [6.07, 6.45) is 0. The molecule has 0 spiro atoms. The normalized spacial score (nSPS) is 12.3. The first-order valence-corrected chi connectivity index (χ1v) is 16.6. The summed E-state index contributed by atoms with van der Waals surface area (Å²) in [5.41, 5.74) is 11.2. The number of hydrogen-bond donors (Lipinski definition) is 0. The van der Waals surface area contributed by atoms with Crippen molar-refractivity contribution in [3.63, 3.8) is 0 Å². The van der Waals surface area contributed by atoms with Crippen molar-refractivity contribution < 1.29 is 0 Å². The topological polar surface area (TPSA) is 4.93 Å². The lowest BCUT2D eigenvalue weighted by Crippen LogP contribution is -1.93. The summed E-state index contributed by atoms with van der Waals surface area (Å²) in [4.78, 5) is 2.66. The molecule has 0 radical (unpaired) electrons. The van der Waals surface area contributed by atoms with Crippen LogP contribution in [0.5, 0.6) is 0 Å². The zero-order chi connectivity index (χ0) is 30.2. The molecular weight excluding hydrogens is 575 g/mol. The molecule has 1 nitrogen and oxygen atoms in total. The largest absolute Gasteiger partial charge is 0.309 e. The molecule has 1 aromatic heterocycles. The van der Waals surface area contributed by atoms with Crippen molar-refractivity contribution in [2.75, 3.05) is 0 Å². The Morgan fingerprint density at radius 3 is 1.96 bits per heavy atom. The molecule has 1 aliphatic heterocycles. The highest BCUT2D eigenvalue weighted by Crippen LogP contribution is 2.49. The molecule has 0 amide bonds. The second kappa shape index (κ2) is 9.97. The second-order valence-electron chi connectivity index (χ2n) is 12.1. The number of rotatable bonds is 3. The van der Waals surface area contributed by atoms with E-state index in [4.69, 9.17) is 0 Å². The summed E-state index contributed by atoms with van der Waals surface area (Å²) < 4.78 is 2.40. The maximum atomic E-state index is 2.40. The van der Waals surface area contributed by atoms with Crippen LogP contribution >= 0.6 is 11.8 Å². The van der Waals surface area contributed by atoms with Crippen LogP contribution in [0.15, 0.2) is 174 Å². The van der Waals surface area contributed by atoms with Gasteiger partial charge in [0.1, 0.15) is 0 Å². The van der Waals surface area contributed by atoms with Crippen molar-refractivity contribution in [1.82, 2.24) is 4.57 Å². The van der Waals surface area contributed by atoms with Crippen molar-refractivity contribution in [3.05, 3.63) is 164 Å². The SMILES string of the molecule is c1ccc(-n2c3ccccc3c3cc4cccc(-c5ccc(-c6ccc7c(c6)-c6cccc8cccc(c68)S7)cc5)c4cc32)cc1. The lowest BCUT2D eigenvalue weighted by atomic mass is 9.93. The van der Waals surface area contributed by atoms with Gasteiger partial charge in [0.15, 0.2) is 0 Å². The van der Waals surface area contributed by atoms with Gasteiger partial charge in [0.2, 0.25) is 0 Å². The van der Waals surface area contributed by atoms with E-state index in [1.165, 1.54) is 92.2 Å². The van der Waals surface area contributed by atoms with E-state index in [1.807, 2.05) is 11.8 Å². The smallest absolute Gasteiger partial charge is 0.0547 e. The second-order valence-corrected chi connectivity index (χ2v) is 13.2. The minimum absolute atomic E-state index is 1.18. The van der Waals surface area contributed by atoms with Crippen LogP contribution in [-0.4, -0.2) is 4.57 Å². The van der Waals surface area contributed by atoms with Crippen LogP contribution in [0.1, 0.15) is 0 Å². The first-order chi connectivity index (χ1) is 22.8. The molecule has 0 atom stereocenters. The van der Waals surface area contributed by atoms with E-state index in [1.54, 1.807) is 0 Å². The predicted octanol–water partition coefficient (Wildman–Crippen LogP) is 12.6. The summed E-state index contributed by atoms with van der Waals surface area (Å²) in [6.45, 7) is 0. The Bertz CT molecular complexity index is 2640. The molecule has 0 bridgehead atoms. The monoisotopic (exact) mass is 601 g/mol. The Morgan fingerprint density at radius 1 is 0.370 bits per heavy atom. The van der Waals surface area contributed by atoms with Gasteiger partial charge in [-0.2, -0.15) is 0 Å². The molecular formula is C44H27NS. The summed E-state index contributed by atoms with van der Waals surface area (Å²) in [5, 5.41) is 7.75. The Kier molecular flexibility index (Phi) is 5.58. The van der Waals surface area contributed by atoms with Crippen LogP contribution in [0, 0.1) is 0 Å². The number of fused-ring (bicyclic) bond motifs is 6. The quantitative estimate of drug-likeness (QED) is 0.195. The molecule has 8 aromatic carbocycles. The van der Waals surface area contributed by atoms with Crippen LogP contribution in [0.3, 0.4) is 0 Å². The molecule has 0 aliphatic carbocycles. The predicted molar refractivity (Wildman–Crippen MR) is 196 cm³/mol. The molecule has 0 N–H and O–H groups in total. The van der Waals surface area contributed by atoms with Gasteiger partial charge in [-0.05, 0) is 98.1 Å². The van der Waals surface area contributed by atoms with E-state index in [9.17, 15) is 0 Å². The lowest BCUT2D eigenvalue weighted by molar-refractivity contribution is 1.18. The zero-order valence-electron chi connectivity index (χ0n) is 24.9. The number of aromatic nitrogens is 1. The van der Waals surface area contributed by atoms with Crippen molar-refractivity contribution in [2.45, 2.75) is 9.79 Å². The third-order valence-electron chi connectivity index (χ3n) is 9.57. The molecule has 2 heteroatoms. The molecule has 0 saturated heterocycles. The highest BCUT2D eigenvalue weighted by atomic mass is 32.2. The molecule has 1 aliphatic rings. The molecule has 0 fully saturated rings. The maximum absolute atomic E-state index is 2.40. The third kappa shape index (κ3) is 3.84. The number of benzene rings is 8. The third-order valence-corrected chi connectivity index (χ3v) is 10.7. The van der Waals surface area contributed by atoms with Crippen molar-refractivity contribution in [3.8, 4) is 39.1 Å². The highest BCUT2D eigenvalue weighted by Gasteiger charge is 2.20. The fourth-order valence-corrected chi connectivity index (χ4v) is 8.56. The Balaban J connectivity index is 1.09. The summed E-state index contributed by atoms with van der Waals surface area (Å²) in [6, 6.07) is 60.2. The Morgan fingerprint density at radius 2 is 1.09 bits per heavy atom. The lowest BCUT2D eigenvalue weighted by Gasteiger charge is -2.21. The summed E-state index contributed by atoms with van der Waals surface area (Å²) >= 11 is 1.88. The minimum atomic E-state index is 1.18. The Labute approximate surface area is 271 Å². The fraction of sp³-hybridized carbons (Fsp3) is 0. The van der Waals surface area contributed by atoms with Crippen LogP contribution in [0.4, 0.5) is 0 Å². The van der Waals surface area contributed by atoms with Crippen LogP contribution in [-0.2, 0) is 0 Å². The standard InChI is InChI=1S/C44H27NS/c1-2-12-33(13-3-1)45-40-17-5-4-14-35(40)38-26-32-11-7-15-34(37(32)27-41(38)45)29-21-19-28(20-22-29)31-23-24-42-39(25-31)36-16-6-9-30-10-8-18-43(46-42)44(30)36/h1-27H. The molecule has 10 rings (SSSR count). The van der Waals surface area contributed by atoms with E-state index in [0.29, 0.717) is 0 Å². The van der Waals surface area contributed by atoms with Gasteiger partial charge in [-0.15, -0.1) is 0 Å². The first kappa shape index (κ1) is 25.7. The van der Waals surface area contributed by atoms with Gasteiger partial charge in [-0.25, -0.2) is 0 Å². The minimum Gasteiger partial charge on any atom is -0.309 e. The van der Waals surface area contributed by atoms with Gasteiger partial charge < -0.3 is 4.57 Å². The average molecular weight is 602 g/mol. The van der Waals surface area contributed by atoms with Gasteiger partial charge in [0, 0.05) is 31.6 Å². The van der Waals surface area contributed by atoms with Gasteiger partial charge in [0.25, 0.3) is 0 Å². The van der Waals surface area contributed by atoms with E-state index in [-0.39, 0.29) is 0 Å². The van der Waals surface area contributed by atoms with Gasteiger partial charge in [-0.3, -0.25) is 0 Å². The van der Waals surface area contributed by atoms with Crippen molar-refractivity contribution in [1.29, 1.82) is 0 Å². The van der Waals surface area contributed by atoms with Crippen LogP contribution in [0.2, 0.25) is 0 Å². The van der Waals surface area contributed by atoms with Gasteiger partial charge in [0.05, 0.1) is 11.0 Å². The molecule has 0 saturated carbocycles. The van der Waals surface area contributed by atoms with E-state index >= 15 is 0 Å². The molecule has 214 valence electrons. The van der Waals surface area contributed by atoms with Gasteiger partial charge in [-0.1, -0.05) is 127 Å². The van der Waals surface area contributed by atoms with Crippen molar-refractivity contribution >= 4 is 55.1 Å². The van der Waals surface area contributed by atoms with Gasteiger partial charge >= 0.3 is 0 Å².